The minimum Gasteiger partial charge on any atom is -0.493 e. The summed E-state index contributed by atoms with van der Waals surface area (Å²) in [6, 6.07) is 0.753. The van der Waals surface area contributed by atoms with Crippen molar-refractivity contribution < 1.29 is 13.5 Å². The molecule has 0 aliphatic carbocycles. The molecule has 0 spiro atoms. The van der Waals surface area contributed by atoms with Crippen LogP contribution in [0.2, 0.25) is 5.02 Å². The second-order valence-corrected chi connectivity index (χ2v) is 3.51. The van der Waals surface area contributed by atoms with Crippen LogP contribution >= 0.6 is 11.6 Å². The molecule has 6 N–H and O–H groups in total. The van der Waals surface area contributed by atoms with E-state index in [4.69, 9.17) is 32.9 Å². The van der Waals surface area contributed by atoms with E-state index in [0.717, 1.165) is 6.07 Å². The highest BCUT2D eigenvalue weighted by atomic mass is 35.5. The maximum absolute atomic E-state index is 13.5. The molecule has 0 aliphatic rings. The van der Waals surface area contributed by atoms with Crippen LogP contribution in [0.1, 0.15) is 0 Å². The van der Waals surface area contributed by atoms with Gasteiger partial charge in [0.25, 0.3) is 0 Å². The number of nitrogens with one attached hydrogen (secondary N) is 4. The first-order chi connectivity index (χ1) is 8.36. The van der Waals surface area contributed by atoms with Crippen LogP contribution < -0.4 is 21.1 Å². The van der Waals surface area contributed by atoms with Crippen molar-refractivity contribution in [3.63, 3.8) is 0 Å². The van der Waals surface area contributed by atoms with Crippen molar-refractivity contribution in [2.45, 2.75) is 0 Å². The fourth-order valence-corrected chi connectivity index (χ4v) is 1.45. The number of hydrogen-bond acceptors (Lipinski definition) is 3. The summed E-state index contributed by atoms with van der Waals surface area (Å²) in [6.45, 7) is 0. The van der Waals surface area contributed by atoms with E-state index < -0.39 is 29.2 Å². The van der Waals surface area contributed by atoms with Gasteiger partial charge in [-0.2, -0.15) is 0 Å². The zero-order valence-electron chi connectivity index (χ0n) is 9.20. The van der Waals surface area contributed by atoms with Crippen molar-refractivity contribution in [2.24, 2.45) is 5.73 Å². The molecule has 1 aromatic carbocycles. The van der Waals surface area contributed by atoms with Gasteiger partial charge in [-0.15, -0.1) is 0 Å². The summed E-state index contributed by atoms with van der Waals surface area (Å²) < 4.78 is 31.5. The normalized spacial score (nSPS) is 9.78. The molecular weight excluding hydrogens is 268 g/mol. The Hall–Kier alpha value is -2.09. The summed E-state index contributed by atoms with van der Waals surface area (Å²) in [4.78, 5) is 0. The second kappa shape index (κ2) is 5.50. The lowest BCUT2D eigenvalue weighted by molar-refractivity contribution is 0.410. The van der Waals surface area contributed by atoms with Crippen LogP contribution in [0.15, 0.2) is 6.07 Å². The lowest BCUT2D eigenvalue weighted by atomic mass is 10.2. The van der Waals surface area contributed by atoms with Gasteiger partial charge < -0.3 is 15.8 Å². The molecular formula is C9H10ClF2N5O. The number of rotatable bonds is 2. The van der Waals surface area contributed by atoms with Crippen molar-refractivity contribution in [3.05, 3.63) is 22.7 Å². The predicted molar refractivity (Wildman–Crippen MR) is 64.3 cm³/mol. The van der Waals surface area contributed by atoms with E-state index in [1.807, 2.05) is 0 Å². The lowest BCUT2D eigenvalue weighted by Gasteiger charge is -2.14. The molecule has 0 fully saturated rings. The summed E-state index contributed by atoms with van der Waals surface area (Å²) in [5, 5.41) is 18.3. The average molecular weight is 278 g/mol. The van der Waals surface area contributed by atoms with Gasteiger partial charge in [0.2, 0.25) is 0 Å². The molecule has 98 valence electrons. The smallest absolute Gasteiger partial charge is 0.199 e. The Morgan fingerprint density at radius 1 is 1.44 bits per heavy atom. The van der Waals surface area contributed by atoms with Crippen LogP contribution in [-0.2, 0) is 0 Å². The van der Waals surface area contributed by atoms with Gasteiger partial charge in [0, 0.05) is 0 Å². The van der Waals surface area contributed by atoms with Gasteiger partial charge in [0.15, 0.2) is 29.3 Å². The van der Waals surface area contributed by atoms with E-state index in [0.29, 0.717) is 0 Å². The first-order valence-electron chi connectivity index (χ1n) is 4.55. The largest absolute Gasteiger partial charge is 0.493 e. The topological polar surface area (TPSA) is 107 Å². The molecule has 9 heteroatoms. The van der Waals surface area contributed by atoms with E-state index in [9.17, 15) is 8.78 Å². The molecule has 0 radical (unpaired) electrons. The number of ether oxygens (including phenoxy) is 1. The summed E-state index contributed by atoms with van der Waals surface area (Å²) in [5.74, 6) is -3.67. The number of nitrogens with two attached hydrogens (primary N) is 1. The number of benzene rings is 1. The first-order valence-corrected chi connectivity index (χ1v) is 4.92. The number of methoxy groups -OCH3 is 1. The van der Waals surface area contributed by atoms with Gasteiger partial charge in [0.1, 0.15) is 5.69 Å². The molecule has 1 aromatic rings. The molecule has 6 nitrogen and oxygen atoms in total. The zero-order valence-corrected chi connectivity index (χ0v) is 9.95. The van der Waals surface area contributed by atoms with Gasteiger partial charge >= 0.3 is 0 Å². The number of hydrogen-bond donors (Lipinski definition) is 5. The van der Waals surface area contributed by atoms with Crippen molar-refractivity contribution >= 4 is 29.2 Å². The maximum Gasteiger partial charge on any atom is 0.199 e. The first kappa shape index (κ1) is 14.0. The minimum atomic E-state index is -1.26. The van der Waals surface area contributed by atoms with E-state index >= 15 is 0 Å². The molecule has 0 aromatic heterocycles. The van der Waals surface area contributed by atoms with Crippen molar-refractivity contribution in [1.82, 2.24) is 5.32 Å². The van der Waals surface area contributed by atoms with Crippen LogP contribution in [0.3, 0.4) is 0 Å². The number of halogens is 3. The monoisotopic (exact) mass is 277 g/mol. The van der Waals surface area contributed by atoms with Crippen LogP contribution in [0.4, 0.5) is 14.5 Å². The van der Waals surface area contributed by atoms with Crippen molar-refractivity contribution in [2.75, 3.05) is 12.4 Å². The third kappa shape index (κ3) is 2.98. The number of anilines is 1. The van der Waals surface area contributed by atoms with Gasteiger partial charge in [-0.1, -0.05) is 11.6 Å². The highest BCUT2D eigenvalue weighted by Crippen LogP contribution is 2.36. The molecule has 0 amide bonds. The van der Waals surface area contributed by atoms with Crippen LogP contribution in [-0.4, -0.2) is 19.0 Å². The fraction of sp³-hybridized carbons (Fsp3) is 0.111. The molecule has 0 aliphatic heterocycles. The van der Waals surface area contributed by atoms with Crippen LogP contribution in [0.25, 0.3) is 0 Å². The van der Waals surface area contributed by atoms with Crippen LogP contribution in [0, 0.1) is 22.5 Å². The van der Waals surface area contributed by atoms with Gasteiger partial charge in [-0.3, -0.25) is 16.1 Å². The lowest BCUT2D eigenvalue weighted by Crippen LogP contribution is -2.39. The number of guanidine groups is 2. The molecule has 0 bridgehead atoms. The molecule has 0 saturated carbocycles. The summed E-state index contributed by atoms with van der Waals surface area (Å²) in [7, 11) is 1.21. The molecule has 18 heavy (non-hydrogen) atoms. The SMILES string of the molecule is COc1c(Cl)cc(F)c(F)c1NC(=N)NC(=N)N. The van der Waals surface area contributed by atoms with Crippen molar-refractivity contribution in [1.29, 1.82) is 10.8 Å². The molecule has 0 unspecified atom stereocenters. The molecule has 1 rings (SSSR count). The average Bonchev–Trinajstić information content (AvgIpc) is 2.24. The second-order valence-electron chi connectivity index (χ2n) is 3.10. The zero-order chi connectivity index (χ0) is 13.9. The Balaban J connectivity index is 3.14. The van der Waals surface area contributed by atoms with Gasteiger partial charge in [-0.05, 0) is 6.07 Å². The third-order valence-electron chi connectivity index (χ3n) is 1.84. The van der Waals surface area contributed by atoms with E-state index in [1.54, 1.807) is 0 Å². The van der Waals surface area contributed by atoms with E-state index in [2.05, 4.69) is 10.6 Å². The van der Waals surface area contributed by atoms with Crippen molar-refractivity contribution in [3.8, 4) is 5.75 Å². The Morgan fingerprint density at radius 2 is 2.06 bits per heavy atom. The standard InChI is InChI=1S/C9H10ClF2N5O/c1-18-7-3(10)2-4(11)5(12)6(7)16-9(15)17-8(13)14/h2H,1H3,(H6,13,14,15,16,17). The Morgan fingerprint density at radius 3 is 2.56 bits per heavy atom. The summed E-state index contributed by atoms with van der Waals surface area (Å²) >= 11 is 5.67. The fourth-order valence-electron chi connectivity index (χ4n) is 1.18. The van der Waals surface area contributed by atoms with E-state index in [1.165, 1.54) is 7.11 Å². The molecule has 0 saturated heterocycles. The summed E-state index contributed by atoms with van der Waals surface area (Å²) in [5.41, 5.74) is 4.52. The Kier molecular flexibility index (Phi) is 4.27. The predicted octanol–water partition coefficient (Wildman–Crippen LogP) is 1.46. The quantitative estimate of drug-likeness (QED) is 0.320. The molecule has 0 atom stereocenters. The van der Waals surface area contributed by atoms with Gasteiger partial charge in [0.05, 0.1) is 12.1 Å². The third-order valence-corrected chi connectivity index (χ3v) is 2.12. The Labute approximate surface area is 106 Å². The Bertz CT molecular complexity index is 508. The summed E-state index contributed by atoms with van der Waals surface area (Å²) in [6.07, 6.45) is 0. The highest BCUT2D eigenvalue weighted by Gasteiger charge is 2.19. The van der Waals surface area contributed by atoms with Gasteiger partial charge in [-0.25, -0.2) is 8.78 Å². The highest BCUT2D eigenvalue weighted by molar-refractivity contribution is 6.32. The molecule has 0 heterocycles. The van der Waals surface area contributed by atoms with Crippen LogP contribution in [0.5, 0.6) is 5.75 Å². The maximum atomic E-state index is 13.5. The minimum absolute atomic E-state index is 0.158. The van der Waals surface area contributed by atoms with E-state index in [-0.39, 0.29) is 10.8 Å².